The molecule has 6 nitrogen and oxygen atoms in total. The molecule has 1 fully saturated rings. The fraction of sp³-hybridized carbons (Fsp3) is 0.267. The second-order valence-electron chi connectivity index (χ2n) is 5.59. The molecular formula is C15H16N4O2S2. The second-order valence-corrected chi connectivity index (χ2v) is 8.40. The van der Waals surface area contributed by atoms with E-state index in [0.29, 0.717) is 11.4 Å². The van der Waals surface area contributed by atoms with E-state index in [2.05, 4.69) is 15.0 Å². The van der Waals surface area contributed by atoms with Gasteiger partial charge in [-0.15, -0.1) is 0 Å². The summed E-state index contributed by atoms with van der Waals surface area (Å²) < 4.78 is 28.9. The quantitative estimate of drug-likeness (QED) is 0.717. The van der Waals surface area contributed by atoms with Crippen molar-refractivity contribution in [3.8, 4) is 0 Å². The van der Waals surface area contributed by atoms with E-state index in [-0.39, 0.29) is 6.04 Å². The highest BCUT2D eigenvalue weighted by molar-refractivity contribution is 7.89. The lowest BCUT2D eigenvalue weighted by Crippen LogP contribution is -2.25. The topological polar surface area (TPSA) is 75.5 Å². The summed E-state index contributed by atoms with van der Waals surface area (Å²) >= 11 is 1.63. The smallest absolute Gasteiger partial charge is 0.240 e. The van der Waals surface area contributed by atoms with Crippen LogP contribution in [0.3, 0.4) is 0 Å². The van der Waals surface area contributed by atoms with E-state index in [1.165, 1.54) is 4.88 Å². The maximum absolute atomic E-state index is 12.1. The number of thiazole rings is 1. The van der Waals surface area contributed by atoms with E-state index in [1.807, 2.05) is 16.8 Å². The normalized spacial score (nSPS) is 15.1. The predicted octanol–water partition coefficient (Wildman–Crippen LogP) is 2.45. The van der Waals surface area contributed by atoms with Crippen LogP contribution in [0.1, 0.15) is 17.7 Å². The molecule has 0 unspecified atom stereocenters. The zero-order valence-electron chi connectivity index (χ0n) is 12.3. The van der Waals surface area contributed by atoms with Crippen molar-refractivity contribution >= 4 is 32.0 Å². The van der Waals surface area contributed by atoms with Crippen molar-refractivity contribution in [1.82, 2.24) is 14.1 Å². The molecule has 0 spiro atoms. The molecule has 2 heterocycles. The van der Waals surface area contributed by atoms with Gasteiger partial charge < -0.3 is 5.32 Å². The van der Waals surface area contributed by atoms with E-state index in [0.717, 1.165) is 23.5 Å². The summed E-state index contributed by atoms with van der Waals surface area (Å²) in [5, 5.41) is 3.30. The van der Waals surface area contributed by atoms with Crippen molar-refractivity contribution < 1.29 is 8.42 Å². The standard InChI is InChI=1S/C15H16N4O2S2/c20-23(21,18-12-1-2-12)14-5-3-11(4-6-14)17-9-13-10-19-8-7-16-15(19)22-13/h3-8,10,12,17-18H,1-2,9H2. The number of hydrogen-bond donors (Lipinski definition) is 2. The molecule has 0 atom stereocenters. The third-order valence-electron chi connectivity index (χ3n) is 3.67. The Balaban J connectivity index is 1.42. The Hall–Kier alpha value is -1.90. The summed E-state index contributed by atoms with van der Waals surface area (Å²) in [6, 6.07) is 6.97. The van der Waals surface area contributed by atoms with Crippen molar-refractivity contribution in [1.29, 1.82) is 0 Å². The van der Waals surface area contributed by atoms with Gasteiger partial charge in [0, 0.05) is 35.2 Å². The number of benzene rings is 1. The summed E-state index contributed by atoms with van der Waals surface area (Å²) in [6.45, 7) is 0.681. The lowest BCUT2D eigenvalue weighted by molar-refractivity contribution is 0.581. The van der Waals surface area contributed by atoms with Crippen LogP contribution in [0, 0.1) is 0 Å². The van der Waals surface area contributed by atoms with Crippen molar-refractivity contribution in [2.45, 2.75) is 30.3 Å². The Bertz CT molecular complexity index is 895. The summed E-state index contributed by atoms with van der Waals surface area (Å²) in [5.74, 6) is 0. The molecule has 2 N–H and O–H groups in total. The van der Waals surface area contributed by atoms with Crippen LogP contribution < -0.4 is 10.0 Å². The fourth-order valence-electron chi connectivity index (χ4n) is 2.29. The lowest BCUT2D eigenvalue weighted by Gasteiger charge is -2.08. The molecule has 1 saturated carbocycles. The molecule has 3 aromatic rings. The molecule has 4 rings (SSSR count). The number of rotatable bonds is 6. The van der Waals surface area contributed by atoms with Crippen LogP contribution in [0.4, 0.5) is 5.69 Å². The van der Waals surface area contributed by atoms with Gasteiger partial charge in [0.05, 0.1) is 11.4 Å². The van der Waals surface area contributed by atoms with E-state index >= 15 is 0 Å². The number of anilines is 1. The van der Waals surface area contributed by atoms with Crippen molar-refractivity contribution in [2.24, 2.45) is 0 Å². The molecule has 23 heavy (non-hydrogen) atoms. The summed E-state index contributed by atoms with van der Waals surface area (Å²) in [5.41, 5.74) is 0.890. The van der Waals surface area contributed by atoms with Crippen molar-refractivity contribution in [3.05, 3.63) is 47.7 Å². The van der Waals surface area contributed by atoms with Crippen LogP contribution in [0.15, 0.2) is 47.8 Å². The molecular weight excluding hydrogens is 332 g/mol. The van der Waals surface area contributed by atoms with Crippen LogP contribution in [0.2, 0.25) is 0 Å². The van der Waals surface area contributed by atoms with Gasteiger partial charge in [0.15, 0.2) is 4.96 Å². The van der Waals surface area contributed by atoms with Crippen LogP contribution in [0.25, 0.3) is 4.96 Å². The number of sulfonamides is 1. The second kappa shape index (κ2) is 5.63. The van der Waals surface area contributed by atoms with Crippen LogP contribution >= 0.6 is 11.3 Å². The molecule has 0 bridgehead atoms. The molecule has 0 radical (unpaired) electrons. The molecule has 8 heteroatoms. The van der Waals surface area contributed by atoms with Gasteiger partial charge in [-0.05, 0) is 37.1 Å². The van der Waals surface area contributed by atoms with Crippen LogP contribution in [0.5, 0.6) is 0 Å². The highest BCUT2D eigenvalue weighted by Gasteiger charge is 2.27. The van der Waals surface area contributed by atoms with E-state index in [4.69, 9.17) is 0 Å². The monoisotopic (exact) mass is 348 g/mol. The van der Waals surface area contributed by atoms with Gasteiger partial charge in [-0.3, -0.25) is 4.40 Å². The predicted molar refractivity (Wildman–Crippen MR) is 90.2 cm³/mol. The van der Waals surface area contributed by atoms with Gasteiger partial charge in [0.25, 0.3) is 0 Å². The van der Waals surface area contributed by atoms with Crippen LogP contribution in [-0.2, 0) is 16.6 Å². The third-order valence-corrected chi connectivity index (χ3v) is 6.22. The summed E-state index contributed by atoms with van der Waals surface area (Å²) in [6.07, 6.45) is 7.60. The van der Waals surface area contributed by atoms with Gasteiger partial charge in [-0.2, -0.15) is 0 Å². The van der Waals surface area contributed by atoms with Crippen molar-refractivity contribution in [2.75, 3.05) is 5.32 Å². The first-order valence-corrected chi connectivity index (χ1v) is 9.68. The Morgan fingerprint density at radius 1 is 1.26 bits per heavy atom. The van der Waals surface area contributed by atoms with Gasteiger partial charge >= 0.3 is 0 Å². The van der Waals surface area contributed by atoms with Gasteiger partial charge in [0.1, 0.15) is 0 Å². The van der Waals surface area contributed by atoms with Crippen LogP contribution in [-0.4, -0.2) is 23.8 Å². The lowest BCUT2D eigenvalue weighted by atomic mass is 10.3. The number of imidazole rings is 1. The van der Waals surface area contributed by atoms with E-state index in [9.17, 15) is 8.42 Å². The van der Waals surface area contributed by atoms with Gasteiger partial charge in [-0.25, -0.2) is 18.1 Å². The Morgan fingerprint density at radius 3 is 2.74 bits per heavy atom. The average Bonchev–Trinajstić information content (AvgIpc) is 3.07. The molecule has 0 saturated heterocycles. The minimum atomic E-state index is -3.38. The zero-order chi connectivity index (χ0) is 15.9. The summed E-state index contributed by atoms with van der Waals surface area (Å²) in [4.78, 5) is 6.69. The van der Waals surface area contributed by atoms with E-state index in [1.54, 1.807) is 41.8 Å². The molecule has 2 aromatic heterocycles. The highest BCUT2D eigenvalue weighted by Crippen LogP contribution is 2.23. The van der Waals surface area contributed by atoms with E-state index < -0.39 is 10.0 Å². The molecule has 0 amide bonds. The van der Waals surface area contributed by atoms with Gasteiger partial charge in [-0.1, -0.05) is 11.3 Å². The fourth-order valence-corrected chi connectivity index (χ4v) is 4.47. The first kappa shape index (κ1) is 14.7. The molecule has 1 aromatic carbocycles. The Morgan fingerprint density at radius 2 is 2.04 bits per heavy atom. The number of fused-ring (bicyclic) bond motifs is 1. The SMILES string of the molecule is O=S(=O)(NC1CC1)c1ccc(NCc2cn3ccnc3s2)cc1. The molecule has 120 valence electrons. The maximum Gasteiger partial charge on any atom is 0.240 e. The van der Waals surface area contributed by atoms with Crippen molar-refractivity contribution in [3.63, 3.8) is 0 Å². The number of hydrogen-bond acceptors (Lipinski definition) is 5. The number of aromatic nitrogens is 2. The molecule has 1 aliphatic rings. The minimum Gasteiger partial charge on any atom is -0.380 e. The van der Waals surface area contributed by atoms with Gasteiger partial charge in [0.2, 0.25) is 10.0 Å². The average molecular weight is 348 g/mol. The maximum atomic E-state index is 12.1. The first-order chi connectivity index (χ1) is 11.1. The first-order valence-electron chi connectivity index (χ1n) is 7.38. The summed E-state index contributed by atoms with van der Waals surface area (Å²) in [7, 11) is -3.38. The Labute approximate surface area is 138 Å². The minimum absolute atomic E-state index is 0.121. The number of nitrogens with one attached hydrogen (secondary N) is 2. The molecule has 0 aliphatic heterocycles. The zero-order valence-corrected chi connectivity index (χ0v) is 13.9. The highest BCUT2D eigenvalue weighted by atomic mass is 32.2. The largest absolute Gasteiger partial charge is 0.380 e. The molecule has 1 aliphatic carbocycles. The Kier molecular flexibility index (Phi) is 3.59. The third kappa shape index (κ3) is 3.24. The number of nitrogens with zero attached hydrogens (tertiary/aromatic N) is 2.